The summed E-state index contributed by atoms with van der Waals surface area (Å²) in [5, 5.41) is 0. The summed E-state index contributed by atoms with van der Waals surface area (Å²) in [5.74, 6) is 0.329. The van der Waals surface area contributed by atoms with E-state index in [1.165, 1.54) is 0 Å². The molecular formula is C23H28N2O3S. The third-order valence-corrected chi connectivity index (χ3v) is 7.40. The van der Waals surface area contributed by atoms with Crippen LogP contribution < -0.4 is 9.62 Å². The quantitative estimate of drug-likeness (QED) is 0.754. The summed E-state index contributed by atoms with van der Waals surface area (Å²) in [7, 11) is -3.63. The van der Waals surface area contributed by atoms with E-state index in [2.05, 4.69) is 4.72 Å². The van der Waals surface area contributed by atoms with Crippen LogP contribution >= 0.6 is 0 Å². The topological polar surface area (TPSA) is 66.5 Å². The average molecular weight is 413 g/mol. The smallest absolute Gasteiger partial charge is 0.240 e. The lowest BCUT2D eigenvalue weighted by atomic mass is 10.1. The van der Waals surface area contributed by atoms with E-state index in [-0.39, 0.29) is 28.8 Å². The number of nitrogens with zero attached hydrogens (tertiary/aromatic N) is 1. The number of fused-ring (bicyclic) bond motifs is 1. The van der Waals surface area contributed by atoms with Gasteiger partial charge in [0.2, 0.25) is 15.9 Å². The van der Waals surface area contributed by atoms with Crippen molar-refractivity contribution in [2.24, 2.45) is 5.92 Å². The Morgan fingerprint density at radius 3 is 2.55 bits per heavy atom. The van der Waals surface area contributed by atoms with Crippen molar-refractivity contribution < 1.29 is 13.2 Å². The third kappa shape index (κ3) is 4.23. The summed E-state index contributed by atoms with van der Waals surface area (Å²) < 4.78 is 28.9. The molecule has 2 aromatic rings. The van der Waals surface area contributed by atoms with Crippen molar-refractivity contribution in [3.8, 4) is 0 Å². The van der Waals surface area contributed by atoms with Crippen LogP contribution in [0.25, 0.3) is 0 Å². The number of hydrogen-bond acceptors (Lipinski definition) is 3. The highest BCUT2D eigenvalue weighted by Gasteiger charge is 2.39. The molecular weight excluding hydrogens is 384 g/mol. The van der Waals surface area contributed by atoms with Crippen LogP contribution in [0.2, 0.25) is 0 Å². The van der Waals surface area contributed by atoms with Crippen molar-refractivity contribution in [2.45, 2.75) is 62.9 Å². The first-order valence-electron chi connectivity index (χ1n) is 10.4. The van der Waals surface area contributed by atoms with Gasteiger partial charge in [0.25, 0.3) is 0 Å². The maximum atomic E-state index is 13.0. The van der Waals surface area contributed by atoms with Gasteiger partial charge in [-0.15, -0.1) is 0 Å². The number of benzene rings is 2. The normalized spacial score (nSPS) is 19.8. The van der Waals surface area contributed by atoms with Gasteiger partial charge in [0.05, 0.1) is 4.90 Å². The molecule has 0 saturated heterocycles. The molecule has 0 bridgehead atoms. The van der Waals surface area contributed by atoms with Crippen molar-refractivity contribution in [1.29, 1.82) is 0 Å². The Bertz CT molecular complexity index is 1000. The van der Waals surface area contributed by atoms with E-state index < -0.39 is 10.0 Å². The second-order valence-corrected chi connectivity index (χ2v) is 9.96. The minimum absolute atomic E-state index is 0.0745. The number of hydrogen-bond donors (Lipinski definition) is 1. The van der Waals surface area contributed by atoms with Gasteiger partial charge in [0, 0.05) is 23.7 Å². The standard InChI is InChI=1S/C23H28N2O3S/c1-3-20(14-17-7-5-4-6-8-17)24-29(27,28)21-11-12-22-19(15-21)13-16(2)25(22)23(26)18-9-10-18/h4-8,11-12,15-16,18,20,24H,3,9-10,13-14H2,1-2H3/t16-,20+/m0/s1. The van der Waals surface area contributed by atoms with Crippen molar-refractivity contribution >= 4 is 21.6 Å². The van der Waals surface area contributed by atoms with Gasteiger partial charge < -0.3 is 4.90 Å². The number of amides is 1. The molecule has 1 heterocycles. The van der Waals surface area contributed by atoms with Crippen LogP contribution in [0.4, 0.5) is 5.69 Å². The molecule has 2 aromatic carbocycles. The first-order chi connectivity index (χ1) is 13.9. The van der Waals surface area contributed by atoms with E-state index >= 15 is 0 Å². The lowest BCUT2D eigenvalue weighted by molar-refractivity contribution is -0.120. The minimum atomic E-state index is -3.63. The third-order valence-electron chi connectivity index (χ3n) is 5.88. The van der Waals surface area contributed by atoms with E-state index in [0.29, 0.717) is 19.3 Å². The molecule has 6 heteroatoms. The number of anilines is 1. The molecule has 1 aliphatic carbocycles. The Morgan fingerprint density at radius 2 is 1.90 bits per heavy atom. The molecule has 5 nitrogen and oxygen atoms in total. The molecule has 29 heavy (non-hydrogen) atoms. The number of sulfonamides is 1. The summed E-state index contributed by atoms with van der Waals surface area (Å²) in [6, 6.07) is 15.0. The van der Waals surface area contributed by atoms with Crippen LogP contribution in [0.5, 0.6) is 0 Å². The molecule has 1 amide bonds. The summed E-state index contributed by atoms with van der Waals surface area (Å²) in [4.78, 5) is 14.8. The second kappa shape index (κ2) is 7.92. The summed E-state index contributed by atoms with van der Waals surface area (Å²) in [5.41, 5.74) is 2.91. The monoisotopic (exact) mass is 412 g/mol. The SMILES string of the molecule is CC[C@H](Cc1ccccc1)NS(=O)(=O)c1ccc2c(c1)C[C@H](C)N2C(=O)C1CC1. The summed E-state index contributed by atoms with van der Waals surface area (Å²) in [6.07, 6.45) is 3.99. The Hall–Kier alpha value is -2.18. The van der Waals surface area contributed by atoms with Crippen LogP contribution in [0.15, 0.2) is 53.4 Å². The van der Waals surface area contributed by atoms with E-state index in [4.69, 9.17) is 0 Å². The maximum absolute atomic E-state index is 13.0. The molecule has 4 rings (SSSR count). The van der Waals surface area contributed by atoms with Crippen LogP contribution in [-0.2, 0) is 27.7 Å². The molecule has 2 aliphatic rings. The zero-order valence-corrected chi connectivity index (χ0v) is 17.8. The van der Waals surface area contributed by atoms with Gasteiger partial charge in [-0.25, -0.2) is 13.1 Å². The highest BCUT2D eigenvalue weighted by atomic mass is 32.2. The Balaban J connectivity index is 1.53. The van der Waals surface area contributed by atoms with Gasteiger partial charge in [-0.1, -0.05) is 37.3 Å². The Morgan fingerprint density at radius 1 is 1.17 bits per heavy atom. The Labute approximate surface area is 173 Å². The number of carbonyl (C=O) groups excluding carboxylic acids is 1. The molecule has 1 N–H and O–H groups in total. The highest BCUT2D eigenvalue weighted by Crippen LogP contribution is 2.39. The average Bonchev–Trinajstić information content (AvgIpc) is 3.49. The molecule has 0 aromatic heterocycles. The van der Waals surface area contributed by atoms with Crippen LogP contribution in [0, 0.1) is 5.92 Å². The predicted molar refractivity (Wildman–Crippen MR) is 114 cm³/mol. The first kappa shape index (κ1) is 20.1. The molecule has 0 unspecified atom stereocenters. The molecule has 0 spiro atoms. The van der Waals surface area contributed by atoms with Gasteiger partial charge >= 0.3 is 0 Å². The van der Waals surface area contributed by atoms with Gasteiger partial charge in [-0.2, -0.15) is 0 Å². The zero-order valence-electron chi connectivity index (χ0n) is 17.0. The van der Waals surface area contributed by atoms with Gasteiger partial charge in [-0.05, 0) is 68.4 Å². The van der Waals surface area contributed by atoms with Crippen LogP contribution in [-0.4, -0.2) is 26.4 Å². The Kier molecular flexibility index (Phi) is 5.49. The fourth-order valence-electron chi connectivity index (χ4n) is 4.09. The number of rotatable bonds is 7. The second-order valence-electron chi connectivity index (χ2n) is 8.24. The zero-order chi connectivity index (χ0) is 20.6. The van der Waals surface area contributed by atoms with Crippen molar-refractivity contribution in [3.05, 3.63) is 59.7 Å². The van der Waals surface area contributed by atoms with E-state index in [1.807, 2.05) is 49.1 Å². The van der Waals surface area contributed by atoms with E-state index in [9.17, 15) is 13.2 Å². The van der Waals surface area contributed by atoms with Gasteiger partial charge in [0.1, 0.15) is 0 Å². The fraction of sp³-hybridized carbons (Fsp3) is 0.435. The largest absolute Gasteiger partial charge is 0.309 e. The van der Waals surface area contributed by atoms with Crippen LogP contribution in [0.3, 0.4) is 0 Å². The summed E-state index contributed by atoms with van der Waals surface area (Å²) in [6.45, 7) is 4.02. The molecule has 154 valence electrons. The minimum Gasteiger partial charge on any atom is -0.309 e. The predicted octanol–water partition coefficient (Wildman–Crippen LogP) is 3.67. The molecule has 2 atom stereocenters. The van der Waals surface area contributed by atoms with E-state index in [0.717, 1.165) is 29.7 Å². The lowest BCUT2D eigenvalue weighted by Gasteiger charge is -2.23. The van der Waals surface area contributed by atoms with Gasteiger partial charge in [-0.3, -0.25) is 4.79 Å². The number of carbonyl (C=O) groups is 1. The lowest BCUT2D eigenvalue weighted by Crippen LogP contribution is -2.36. The van der Waals surface area contributed by atoms with Crippen molar-refractivity contribution in [1.82, 2.24) is 4.72 Å². The van der Waals surface area contributed by atoms with E-state index in [1.54, 1.807) is 18.2 Å². The van der Waals surface area contributed by atoms with Crippen molar-refractivity contribution in [3.63, 3.8) is 0 Å². The highest BCUT2D eigenvalue weighted by molar-refractivity contribution is 7.89. The van der Waals surface area contributed by atoms with Crippen LogP contribution in [0.1, 0.15) is 44.2 Å². The summed E-state index contributed by atoms with van der Waals surface area (Å²) >= 11 is 0. The van der Waals surface area contributed by atoms with Crippen molar-refractivity contribution in [2.75, 3.05) is 4.90 Å². The maximum Gasteiger partial charge on any atom is 0.240 e. The molecule has 1 fully saturated rings. The fourth-order valence-corrected chi connectivity index (χ4v) is 5.46. The number of nitrogens with one attached hydrogen (secondary N) is 1. The molecule has 1 saturated carbocycles. The first-order valence-corrected chi connectivity index (χ1v) is 11.9. The molecule has 1 aliphatic heterocycles. The van der Waals surface area contributed by atoms with Gasteiger partial charge in [0.15, 0.2) is 0 Å². The molecule has 0 radical (unpaired) electrons.